The molecular weight excluding hydrogens is 833 g/mol. The van der Waals surface area contributed by atoms with Crippen LogP contribution in [-0.4, -0.2) is 105 Å². The Kier molecular flexibility index (Phi) is 28.0. The van der Waals surface area contributed by atoms with Crippen molar-refractivity contribution in [1.29, 1.82) is 0 Å². The molecule has 0 saturated heterocycles. The number of unbranched alkanes of at least 4 members (excludes halogenated alkanes) is 8. The fourth-order valence-electron chi connectivity index (χ4n) is 7.20. The largest absolute Gasteiger partial charge is 0.423 e. The molecule has 2 saturated carbocycles. The summed E-state index contributed by atoms with van der Waals surface area (Å²) in [5.41, 5.74) is 4.66. The van der Waals surface area contributed by atoms with E-state index in [1.807, 2.05) is 0 Å². The first kappa shape index (κ1) is 53.9. The molecule has 0 aromatic heterocycles. The van der Waals surface area contributed by atoms with Gasteiger partial charge in [0.2, 0.25) is 11.6 Å². The van der Waals surface area contributed by atoms with Crippen LogP contribution in [0.5, 0.6) is 5.75 Å². The molecule has 0 amide bonds. The summed E-state index contributed by atoms with van der Waals surface area (Å²) in [5.74, 6) is -8.90. The van der Waals surface area contributed by atoms with Crippen LogP contribution in [-0.2, 0) is 23.7 Å². The fraction of sp³-hybridized carbons (Fsp3) is 0.761. The molecule has 0 spiro atoms. The van der Waals surface area contributed by atoms with Gasteiger partial charge >= 0.3 is 5.97 Å². The second-order valence-corrected chi connectivity index (χ2v) is 16.8. The highest BCUT2D eigenvalue weighted by Crippen LogP contribution is 2.32. The van der Waals surface area contributed by atoms with Gasteiger partial charge in [0.15, 0.2) is 17.4 Å². The number of nitrogens with one attached hydrogen (secondary N) is 2. The van der Waals surface area contributed by atoms with Gasteiger partial charge in [0, 0.05) is 56.1 Å². The highest BCUT2D eigenvalue weighted by Gasteiger charge is 2.26. The number of aliphatic hydroxyl groups is 3. The van der Waals surface area contributed by atoms with Crippen LogP contribution >= 0.6 is 12.6 Å². The molecule has 0 bridgehead atoms. The van der Waals surface area contributed by atoms with Gasteiger partial charge in [-0.1, -0.05) is 49.7 Å². The lowest BCUT2D eigenvalue weighted by Crippen LogP contribution is -2.30. The van der Waals surface area contributed by atoms with Crippen molar-refractivity contribution in [2.45, 2.75) is 159 Å². The van der Waals surface area contributed by atoms with E-state index >= 15 is 0 Å². The number of benzene rings is 1. The number of esters is 1. The van der Waals surface area contributed by atoms with E-state index in [9.17, 15) is 32.6 Å². The van der Waals surface area contributed by atoms with Gasteiger partial charge in [-0.05, 0) is 90.4 Å². The molecule has 62 heavy (non-hydrogen) atoms. The molecule has 2 aliphatic carbocycles. The van der Waals surface area contributed by atoms with Gasteiger partial charge in [-0.2, -0.15) is 4.39 Å². The molecule has 1 aromatic rings. The molecular formula is C46H74F4N2O9S. The molecule has 11 nitrogen and oxygen atoms in total. The van der Waals surface area contributed by atoms with Crippen molar-refractivity contribution in [3.05, 3.63) is 51.4 Å². The third kappa shape index (κ3) is 21.0. The first-order chi connectivity index (χ1) is 30.0. The van der Waals surface area contributed by atoms with Crippen molar-refractivity contribution in [2.24, 2.45) is 0 Å². The number of carbonyl (C=O) groups excluding carboxylic acids is 1. The Labute approximate surface area is 372 Å². The van der Waals surface area contributed by atoms with Crippen LogP contribution in [0.4, 0.5) is 17.6 Å². The van der Waals surface area contributed by atoms with Crippen molar-refractivity contribution >= 4 is 18.6 Å². The Morgan fingerprint density at radius 1 is 0.629 bits per heavy atom. The van der Waals surface area contributed by atoms with Gasteiger partial charge in [-0.25, -0.2) is 13.2 Å². The number of allylic oxidation sites excluding steroid dienone is 4. The summed E-state index contributed by atoms with van der Waals surface area (Å²) in [7, 11) is 0. The van der Waals surface area contributed by atoms with Gasteiger partial charge in [0.25, 0.3) is 0 Å². The maximum Gasteiger partial charge on any atom is 0.311 e. The zero-order valence-electron chi connectivity index (χ0n) is 36.9. The van der Waals surface area contributed by atoms with Crippen molar-refractivity contribution in [3.63, 3.8) is 0 Å². The first-order valence-electron chi connectivity index (χ1n) is 23.0. The summed E-state index contributed by atoms with van der Waals surface area (Å²) in [6.45, 7) is 6.20. The van der Waals surface area contributed by atoms with Crippen LogP contribution in [0.2, 0.25) is 0 Å². The SMILES string of the molecule is Cc1c(F)c(F)c(F)c(F)c1OC(=O)CCCCCCCCCCC(NCCOCCOCCOCCNC(CCCCOC(S)CC(O)C(O)CCO)=C1CCC1)=C1CCC1. The number of carbonyl (C=O) groups is 1. The molecule has 5 N–H and O–H groups in total. The van der Waals surface area contributed by atoms with E-state index in [-0.39, 0.29) is 25.9 Å². The predicted octanol–water partition coefficient (Wildman–Crippen LogP) is 8.40. The number of ether oxygens (including phenoxy) is 5. The number of hydrogen-bond acceptors (Lipinski definition) is 12. The van der Waals surface area contributed by atoms with Crippen molar-refractivity contribution < 1.29 is 61.4 Å². The zero-order valence-corrected chi connectivity index (χ0v) is 37.8. The van der Waals surface area contributed by atoms with E-state index in [0.29, 0.717) is 52.7 Å². The van der Waals surface area contributed by atoms with Crippen molar-refractivity contribution in [3.8, 4) is 5.75 Å². The zero-order chi connectivity index (χ0) is 45.0. The maximum atomic E-state index is 14.0. The number of rotatable bonds is 37. The Morgan fingerprint density at radius 3 is 1.60 bits per heavy atom. The minimum Gasteiger partial charge on any atom is -0.423 e. The predicted molar refractivity (Wildman–Crippen MR) is 234 cm³/mol. The van der Waals surface area contributed by atoms with Gasteiger partial charge in [-0.15, -0.1) is 12.6 Å². The minimum absolute atomic E-state index is 0.0183. The molecule has 2 fully saturated rings. The smallest absolute Gasteiger partial charge is 0.311 e. The topological polar surface area (TPSA) is 148 Å². The summed E-state index contributed by atoms with van der Waals surface area (Å²) in [6.07, 6.45) is 17.0. The second-order valence-electron chi connectivity index (χ2n) is 16.2. The molecule has 16 heteroatoms. The van der Waals surface area contributed by atoms with Gasteiger partial charge < -0.3 is 49.6 Å². The first-order valence-corrected chi connectivity index (χ1v) is 23.5. The van der Waals surface area contributed by atoms with E-state index in [1.165, 1.54) is 35.4 Å². The third-order valence-electron chi connectivity index (χ3n) is 11.3. The number of halogens is 4. The van der Waals surface area contributed by atoms with Crippen LogP contribution in [0.15, 0.2) is 22.5 Å². The highest BCUT2D eigenvalue weighted by atomic mass is 32.1. The Morgan fingerprint density at radius 2 is 1.10 bits per heavy atom. The summed E-state index contributed by atoms with van der Waals surface area (Å²) < 4.78 is 82.3. The van der Waals surface area contributed by atoms with E-state index < -0.39 is 58.2 Å². The van der Waals surface area contributed by atoms with E-state index in [0.717, 1.165) is 116 Å². The van der Waals surface area contributed by atoms with Gasteiger partial charge in [0.05, 0.1) is 51.8 Å². The highest BCUT2D eigenvalue weighted by molar-refractivity contribution is 7.80. The fourth-order valence-corrected chi connectivity index (χ4v) is 7.52. The molecule has 0 aliphatic heterocycles. The van der Waals surface area contributed by atoms with Crippen LogP contribution in [0.1, 0.15) is 140 Å². The molecule has 3 atom stereocenters. The summed E-state index contributed by atoms with van der Waals surface area (Å²) in [6, 6.07) is 0. The number of aliphatic hydroxyl groups excluding tert-OH is 3. The molecule has 3 rings (SSSR count). The molecule has 356 valence electrons. The van der Waals surface area contributed by atoms with E-state index in [2.05, 4.69) is 23.3 Å². The standard InChI is InChI=1S/C46H74F4N2O9S/c1-33-42(47)43(48)44(49)45(50)46(33)61-40(56)20-9-7-5-3-2-4-6-8-18-36(34-14-12-15-34)51-22-26-57-28-30-59-31-29-58-27-23-52-37(35-16-13-17-35)19-10-11-25-60-41(62)32-39(55)38(54)21-24-53/h38-39,41,51-55,62H,2-32H2,1H3. The van der Waals surface area contributed by atoms with Crippen LogP contribution in [0, 0.1) is 30.2 Å². The van der Waals surface area contributed by atoms with Crippen molar-refractivity contribution in [1.82, 2.24) is 10.6 Å². The Bertz CT molecular complexity index is 1460. The molecule has 0 heterocycles. The molecule has 2 aliphatic rings. The lowest BCUT2D eigenvalue weighted by molar-refractivity contribution is -0.134. The number of hydrogen-bond donors (Lipinski definition) is 6. The summed E-state index contributed by atoms with van der Waals surface area (Å²) in [4.78, 5) is 12.1. The van der Waals surface area contributed by atoms with Crippen LogP contribution < -0.4 is 15.4 Å². The minimum atomic E-state index is -2.00. The average molecular weight is 907 g/mol. The number of thiol groups is 1. The average Bonchev–Trinajstić information content (AvgIpc) is 3.21. The van der Waals surface area contributed by atoms with Crippen molar-refractivity contribution in [2.75, 3.05) is 65.9 Å². The molecule has 0 radical (unpaired) electrons. The quantitative estimate of drug-likeness (QED) is 0.00559. The monoisotopic (exact) mass is 907 g/mol. The lowest BCUT2D eigenvalue weighted by atomic mass is 9.89. The Hall–Kier alpha value is -2.44. The van der Waals surface area contributed by atoms with Crippen LogP contribution in [0.3, 0.4) is 0 Å². The molecule has 3 unspecified atom stereocenters. The van der Waals surface area contributed by atoms with E-state index in [4.69, 9.17) is 28.8 Å². The third-order valence-corrected chi connectivity index (χ3v) is 11.7. The summed E-state index contributed by atoms with van der Waals surface area (Å²) >= 11 is 4.36. The van der Waals surface area contributed by atoms with E-state index in [1.54, 1.807) is 0 Å². The molecule has 1 aromatic carbocycles. The normalized spacial score (nSPS) is 15.2. The van der Waals surface area contributed by atoms with Gasteiger partial charge in [-0.3, -0.25) is 4.79 Å². The van der Waals surface area contributed by atoms with Crippen LogP contribution in [0.25, 0.3) is 0 Å². The second kappa shape index (κ2) is 32.3. The maximum absolute atomic E-state index is 14.0. The Balaban J connectivity index is 1.11. The summed E-state index contributed by atoms with van der Waals surface area (Å²) in [5, 5.41) is 35.8. The lowest BCUT2D eigenvalue weighted by Gasteiger charge is -2.24. The van der Waals surface area contributed by atoms with Gasteiger partial charge in [0.1, 0.15) is 5.44 Å².